The second kappa shape index (κ2) is 4.85. The molecular formula is C17H26N4. The molecule has 3 saturated carbocycles. The molecule has 0 radical (unpaired) electrons. The van der Waals surface area contributed by atoms with Gasteiger partial charge in [-0.25, -0.2) is 9.97 Å². The first-order chi connectivity index (χ1) is 10.2. The zero-order valence-electron chi connectivity index (χ0n) is 13.3. The standard InChI is InChI=1S/C17H26N4/c1-4-5-12-19-16(18-3)9(2)17(20-12)21-15-13-10-6-7-11(8-10)14(13)15/h10-11,13-15H,4-8H2,1-3H3,(H2,18,19,20,21). The Bertz CT molecular complexity index is 540. The van der Waals surface area contributed by atoms with Crippen molar-refractivity contribution >= 4 is 11.6 Å². The summed E-state index contributed by atoms with van der Waals surface area (Å²) in [7, 11) is 1.95. The van der Waals surface area contributed by atoms with Crippen LogP contribution in [0.2, 0.25) is 0 Å². The molecule has 4 rings (SSSR count). The summed E-state index contributed by atoms with van der Waals surface area (Å²) < 4.78 is 0. The Morgan fingerprint density at radius 3 is 2.38 bits per heavy atom. The van der Waals surface area contributed by atoms with E-state index >= 15 is 0 Å². The number of hydrogen-bond acceptors (Lipinski definition) is 4. The van der Waals surface area contributed by atoms with Gasteiger partial charge in [0, 0.05) is 25.1 Å². The maximum Gasteiger partial charge on any atom is 0.135 e. The number of rotatable bonds is 5. The van der Waals surface area contributed by atoms with E-state index in [9.17, 15) is 0 Å². The molecule has 1 aromatic heterocycles. The summed E-state index contributed by atoms with van der Waals surface area (Å²) in [5.74, 6) is 6.87. The molecule has 4 heteroatoms. The summed E-state index contributed by atoms with van der Waals surface area (Å²) in [5.41, 5.74) is 1.16. The molecule has 0 saturated heterocycles. The zero-order valence-corrected chi connectivity index (χ0v) is 13.3. The monoisotopic (exact) mass is 286 g/mol. The first-order valence-electron chi connectivity index (χ1n) is 8.54. The Hall–Kier alpha value is -1.32. The van der Waals surface area contributed by atoms with Crippen LogP contribution in [-0.4, -0.2) is 23.1 Å². The number of hydrogen-bond donors (Lipinski definition) is 2. The minimum Gasteiger partial charge on any atom is -0.373 e. The van der Waals surface area contributed by atoms with Crippen LogP contribution in [0.15, 0.2) is 0 Å². The van der Waals surface area contributed by atoms with E-state index in [1.807, 2.05) is 7.05 Å². The third-order valence-electron chi connectivity index (χ3n) is 5.94. The van der Waals surface area contributed by atoms with Crippen molar-refractivity contribution in [2.75, 3.05) is 17.7 Å². The van der Waals surface area contributed by atoms with Gasteiger partial charge >= 0.3 is 0 Å². The van der Waals surface area contributed by atoms with Crippen molar-refractivity contribution < 1.29 is 0 Å². The van der Waals surface area contributed by atoms with Gasteiger partial charge in [0.05, 0.1) is 0 Å². The minimum absolute atomic E-state index is 0.684. The number of nitrogens with zero attached hydrogens (tertiary/aromatic N) is 2. The van der Waals surface area contributed by atoms with Crippen LogP contribution in [0.25, 0.3) is 0 Å². The van der Waals surface area contributed by atoms with Gasteiger partial charge in [-0.3, -0.25) is 0 Å². The van der Waals surface area contributed by atoms with Crippen LogP contribution in [0.3, 0.4) is 0 Å². The first kappa shape index (κ1) is 13.4. The molecule has 0 spiro atoms. The molecule has 4 nitrogen and oxygen atoms in total. The lowest BCUT2D eigenvalue weighted by atomic mass is 10.0. The quantitative estimate of drug-likeness (QED) is 0.872. The van der Waals surface area contributed by atoms with Crippen molar-refractivity contribution in [1.82, 2.24) is 9.97 Å². The molecule has 3 aliphatic rings. The maximum atomic E-state index is 4.79. The topological polar surface area (TPSA) is 49.8 Å². The van der Waals surface area contributed by atoms with E-state index in [0.717, 1.165) is 59.5 Å². The molecule has 0 aliphatic heterocycles. The average molecular weight is 286 g/mol. The zero-order chi connectivity index (χ0) is 14.6. The number of aryl methyl sites for hydroxylation is 1. The molecule has 3 fully saturated rings. The van der Waals surface area contributed by atoms with Gasteiger partial charge in [-0.2, -0.15) is 0 Å². The van der Waals surface area contributed by atoms with Crippen molar-refractivity contribution in [3.8, 4) is 0 Å². The van der Waals surface area contributed by atoms with Crippen LogP contribution in [0.5, 0.6) is 0 Å². The normalized spacial score (nSPS) is 35.7. The largest absolute Gasteiger partial charge is 0.373 e. The van der Waals surface area contributed by atoms with E-state index in [-0.39, 0.29) is 0 Å². The fourth-order valence-corrected chi connectivity index (χ4v) is 4.96. The summed E-state index contributed by atoms with van der Waals surface area (Å²) in [6, 6.07) is 0.684. The van der Waals surface area contributed by atoms with E-state index in [1.165, 1.54) is 19.3 Å². The van der Waals surface area contributed by atoms with Crippen LogP contribution < -0.4 is 10.6 Å². The van der Waals surface area contributed by atoms with Gasteiger partial charge in [0.25, 0.3) is 0 Å². The Balaban J connectivity index is 1.56. The molecule has 1 aromatic rings. The number of fused-ring (bicyclic) bond motifs is 5. The fourth-order valence-electron chi connectivity index (χ4n) is 4.96. The molecule has 0 amide bonds. The first-order valence-corrected chi connectivity index (χ1v) is 8.54. The van der Waals surface area contributed by atoms with Crippen LogP contribution in [0.1, 0.15) is 44.0 Å². The van der Waals surface area contributed by atoms with Gasteiger partial charge in [-0.1, -0.05) is 6.92 Å². The minimum atomic E-state index is 0.684. The summed E-state index contributed by atoms with van der Waals surface area (Å²) >= 11 is 0. The van der Waals surface area contributed by atoms with Crippen molar-refractivity contribution in [2.24, 2.45) is 23.7 Å². The molecule has 2 N–H and O–H groups in total. The predicted octanol–water partition coefficient (Wildman–Crippen LogP) is 3.24. The Kier molecular flexibility index (Phi) is 3.09. The highest BCUT2D eigenvalue weighted by atomic mass is 15.1. The second-order valence-electron chi connectivity index (χ2n) is 7.12. The van der Waals surface area contributed by atoms with Crippen molar-refractivity contribution in [3.63, 3.8) is 0 Å². The lowest BCUT2D eigenvalue weighted by molar-refractivity contribution is 0.456. The van der Waals surface area contributed by atoms with Crippen LogP contribution in [0.4, 0.5) is 11.6 Å². The lowest BCUT2D eigenvalue weighted by Crippen LogP contribution is -2.16. The van der Waals surface area contributed by atoms with E-state index in [1.54, 1.807) is 0 Å². The van der Waals surface area contributed by atoms with Gasteiger partial charge in [-0.05, 0) is 56.3 Å². The van der Waals surface area contributed by atoms with Gasteiger partial charge in [0.2, 0.25) is 0 Å². The second-order valence-corrected chi connectivity index (χ2v) is 7.12. The lowest BCUT2D eigenvalue weighted by Gasteiger charge is -2.16. The summed E-state index contributed by atoms with van der Waals surface area (Å²) in [6.45, 7) is 4.30. The van der Waals surface area contributed by atoms with Crippen LogP contribution in [-0.2, 0) is 6.42 Å². The Morgan fingerprint density at radius 2 is 1.76 bits per heavy atom. The van der Waals surface area contributed by atoms with E-state index in [4.69, 9.17) is 4.98 Å². The van der Waals surface area contributed by atoms with E-state index < -0.39 is 0 Å². The highest BCUT2D eigenvalue weighted by molar-refractivity contribution is 5.58. The maximum absolute atomic E-state index is 4.79. The number of anilines is 2. The summed E-state index contributed by atoms with van der Waals surface area (Å²) in [5, 5.41) is 6.99. The van der Waals surface area contributed by atoms with E-state index in [0.29, 0.717) is 6.04 Å². The Morgan fingerprint density at radius 1 is 1.10 bits per heavy atom. The predicted molar refractivity (Wildman–Crippen MR) is 85.5 cm³/mol. The molecule has 4 atom stereocenters. The number of aromatic nitrogens is 2. The molecular weight excluding hydrogens is 260 g/mol. The van der Waals surface area contributed by atoms with Gasteiger partial charge in [-0.15, -0.1) is 0 Å². The van der Waals surface area contributed by atoms with Gasteiger partial charge in [0.15, 0.2) is 0 Å². The highest BCUT2D eigenvalue weighted by Gasteiger charge is 2.65. The fraction of sp³-hybridized carbons (Fsp3) is 0.765. The van der Waals surface area contributed by atoms with E-state index in [2.05, 4.69) is 29.5 Å². The highest BCUT2D eigenvalue weighted by Crippen LogP contribution is 2.66. The smallest absolute Gasteiger partial charge is 0.135 e. The van der Waals surface area contributed by atoms with Crippen molar-refractivity contribution in [1.29, 1.82) is 0 Å². The third-order valence-corrected chi connectivity index (χ3v) is 5.94. The molecule has 21 heavy (non-hydrogen) atoms. The summed E-state index contributed by atoms with van der Waals surface area (Å²) in [4.78, 5) is 9.41. The SMILES string of the molecule is CCCc1nc(NC)c(C)c(NC2C3C4CCC(C4)C23)n1. The van der Waals surface area contributed by atoms with Gasteiger partial charge in [0.1, 0.15) is 17.5 Å². The summed E-state index contributed by atoms with van der Waals surface area (Å²) in [6.07, 6.45) is 6.47. The van der Waals surface area contributed by atoms with Crippen molar-refractivity contribution in [3.05, 3.63) is 11.4 Å². The molecule has 1 heterocycles. The molecule has 2 bridgehead atoms. The molecule has 0 aromatic carbocycles. The van der Waals surface area contributed by atoms with Crippen molar-refractivity contribution in [2.45, 2.75) is 52.0 Å². The molecule has 4 unspecified atom stereocenters. The molecule has 114 valence electrons. The number of nitrogens with one attached hydrogen (secondary N) is 2. The third kappa shape index (κ3) is 2.02. The van der Waals surface area contributed by atoms with Gasteiger partial charge < -0.3 is 10.6 Å². The van der Waals surface area contributed by atoms with Crippen LogP contribution >= 0.6 is 0 Å². The van der Waals surface area contributed by atoms with Crippen LogP contribution in [0, 0.1) is 30.6 Å². The average Bonchev–Trinajstić information content (AvgIpc) is 2.87. The Labute approximate surface area is 127 Å². The molecule has 3 aliphatic carbocycles.